The Balaban J connectivity index is 1.60. The molecule has 25 heavy (non-hydrogen) atoms. The van der Waals surface area contributed by atoms with Gasteiger partial charge in [0.2, 0.25) is 5.91 Å². The van der Waals surface area contributed by atoms with E-state index in [-0.39, 0.29) is 23.4 Å². The van der Waals surface area contributed by atoms with Gasteiger partial charge in [0.15, 0.2) is 17.3 Å². The van der Waals surface area contributed by atoms with Crippen molar-refractivity contribution in [2.45, 2.75) is 19.3 Å². The van der Waals surface area contributed by atoms with Crippen LogP contribution in [0, 0.1) is 0 Å². The van der Waals surface area contributed by atoms with Crippen molar-refractivity contribution < 1.29 is 14.0 Å². The second-order valence-electron chi connectivity index (χ2n) is 5.99. The molecule has 0 saturated carbocycles. The summed E-state index contributed by atoms with van der Waals surface area (Å²) in [4.78, 5) is 24.2. The van der Waals surface area contributed by atoms with Gasteiger partial charge in [-0.25, -0.2) is 0 Å². The van der Waals surface area contributed by atoms with Gasteiger partial charge in [-0.15, -0.1) is 0 Å². The molecule has 9 heteroatoms. The van der Waals surface area contributed by atoms with Gasteiger partial charge in [-0.3, -0.25) is 19.4 Å². The van der Waals surface area contributed by atoms with Crippen LogP contribution in [0.2, 0.25) is 0 Å². The van der Waals surface area contributed by atoms with Gasteiger partial charge >= 0.3 is 0 Å². The molecular formula is C16H16N6O3. The number of anilines is 2. The van der Waals surface area contributed by atoms with Gasteiger partial charge in [0.1, 0.15) is 11.5 Å². The monoisotopic (exact) mass is 340 g/mol. The number of amides is 2. The Morgan fingerprint density at radius 2 is 2.32 bits per heavy atom. The van der Waals surface area contributed by atoms with Crippen LogP contribution < -0.4 is 10.6 Å². The Morgan fingerprint density at radius 1 is 1.48 bits per heavy atom. The fraction of sp³-hybridized carbons (Fsp3) is 0.250. The minimum absolute atomic E-state index is 0.0365. The van der Waals surface area contributed by atoms with Crippen molar-refractivity contribution >= 4 is 23.5 Å². The van der Waals surface area contributed by atoms with Gasteiger partial charge in [-0.2, -0.15) is 10.2 Å². The first-order chi connectivity index (χ1) is 12.0. The molecule has 128 valence electrons. The molecule has 0 fully saturated rings. The quantitative estimate of drug-likeness (QED) is 0.675. The molecule has 0 bridgehead atoms. The normalized spacial score (nSPS) is 16.4. The third-order valence-electron chi connectivity index (χ3n) is 4.16. The molecule has 1 atom stereocenters. The van der Waals surface area contributed by atoms with Crippen LogP contribution in [0.3, 0.4) is 0 Å². The van der Waals surface area contributed by atoms with Crippen molar-refractivity contribution in [1.29, 1.82) is 0 Å². The van der Waals surface area contributed by atoms with Crippen LogP contribution in [-0.4, -0.2) is 31.8 Å². The zero-order valence-electron chi connectivity index (χ0n) is 13.7. The SMILES string of the molecule is C[C@@H]1CC(=O)Nc2c1c(NC(=O)c1cc(-c3ccco3)[nH]n1)nn2C. The Morgan fingerprint density at radius 3 is 3.08 bits per heavy atom. The van der Waals surface area contributed by atoms with Crippen LogP contribution in [0.4, 0.5) is 11.6 Å². The average Bonchev–Trinajstić information content (AvgIpc) is 3.28. The van der Waals surface area contributed by atoms with E-state index in [9.17, 15) is 9.59 Å². The van der Waals surface area contributed by atoms with Crippen molar-refractivity contribution in [3.63, 3.8) is 0 Å². The van der Waals surface area contributed by atoms with E-state index in [0.29, 0.717) is 29.5 Å². The van der Waals surface area contributed by atoms with Gasteiger partial charge in [0.25, 0.3) is 5.91 Å². The minimum Gasteiger partial charge on any atom is -0.463 e. The molecule has 0 saturated heterocycles. The first-order valence-electron chi connectivity index (χ1n) is 7.80. The maximum absolute atomic E-state index is 12.5. The van der Waals surface area contributed by atoms with Gasteiger partial charge < -0.3 is 15.1 Å². The molecule has 4 heterocycles. The molecule has 9 nitrogen and oxygen atoms in total. The molecule has 0 spiro atoms. The molecule has 2 amide bonds. The lowest BCUT2D eigenvalue weighted by atomic mass is 9.95. The van der Waals surface area contributed by atoms with Crippen LogP contribution in [0.25, 0.3) is 11.5 Å². The molecule has 3 N–H and O–H groups in total. The molecule has 1 aliphatic heterocycles. The Hall–Kier alpha value is -3.36. The summed E-state index contributed by atoms with van der Waals surface area (Å²) in [6.45, 7) is 1.93. The highest BCUT2D eigenvalue weighted by atomic mass is 16.3. The third kappa shape index (κ3) is 2.59. The summed E-state index contributed by atoms with van der Waals surface area (Å²) in [6, 6.07) is 5.13. The molecule has 3 aromatic heterocycles. The average molecular weight is 340 g/mol. The van der Waals surface area contributed by atoms with E-state index in [1.165, 1.54) is 0 Å². The number of hydrogen-bond donors (Lipinski definition) is 3. The van der Waals surface area contributed by atoms with Gasteiger partial charge in [0.05, 0.1) is 6.26 Å². The van der Waals surface area contributed by atoms with E-state index >= 15 is 0 Å². The number of fused-ring (bicyclic) bond motifs is 1. The Kier molecular flexibility index (Phi) is 3.41. The van der Waals surface area contributed by atoms with Gasteiger partial charge in [-0.05, 0) is 18.1 Å². The summed E-state index contributed by atoms with van der Waals surface area (Å²) in [5.74, 6) is 1.15. The lowest BCUT2D eigenvalue weighted by molar-refractivity contribution is -0.116. The molecule has 0 radical (unpaired) electrons. The maximum atomic E-state index is 12.5. The number of aryl methyl sites for hydroxylation is 1. The van der Waals surface area contributed by atoms with E-state index in [1.54, 1.807) is 36.2 Å². The highest BCUT2D eigenvalue weighted by molar-refractivity contribution is 6.04. The number of aromatic amines is 1. The fourth-order valence-corrected chi connectivity index (χ4v) is 2.98. The van der Waals surface area contributed by atoms with E-state index in [4.69, 9.17) is 4.42 Å². The second kappa shape index (κ2) is 5.62. The number of rotatable bonds is 3. The molecule has 0 unspecified atom stereocenters. The van der Waals surface area contributed by atoms with Crippen molar-refractivity contribution in [2.24, 2.45) is 7.05 Å². The summed E-state index contributed by atoms with van der Waals surface area (Å²) < 4.78 is 6.83. The van der Waals surface area contributed by atoms with Crippen LogP contribution in [0.5, 0.6) is 0 Å². The number of carbonyl (C=O) groups is 2. The molecule has 1 aliphatic rings. The maximum Gasteiger partial charge on any atom is 0.277 e. The minimum atomic E-state index is -0.390. The predicted octanol–water partition coefficient (Wildman–Crippen LogP) is 2.10. The smallest absolute Gasteiger partial charge is 0.277 e. The highest BCUT2D eigenvalue weighted by Gasteiger charge is 2.30. The molecule has 0 aromatic carbocycles. The summed E-state index contributed by atoms with van der Waals surface area (Å²) in [5.41, 5.74) is 1.65. The lowest BCUT2D eigenvalue weighted by Gasteiger charge is -2.20. The fourth-order valence-electron chi connectivity index (χ4n) is 2.98. The Labute approximate surface area is 142 Å². The number of nitrogens with one attached hydrogen (secondary N) is 3. The van der Waals surface area contributed by atoms with Crippen LogP contribution in [0.15, 0.2) is 28.9 Å². The summed E-state index contributed by atoms with van der Waals surface area (Å²) >= 11 is 0. The molecule has 0 aliphatic carbocycles. The largest absolute Gasteiger partial charge is 0.463 e. The third-order valence-corrected chi connectivity index (χ3v) is 4.16. The zero-order chi connectivity index (χ0) is 17.6. The number of H-pyrrole nitrogens is 1. The second-order valence-corrected chi connectivity index (χ2v) is 5.99. The van der Waals surface area contributed by atoms with Gasteiger partial charge in [-0.1, -0.05) is 6.92 Å². The number of nitrogens with zero attached hydrogens (tertiary/aromatic N) is 3. The first kappa shape index (κ1) is 15.2. The first-order valence-corrected chi connectivity index (χ1v) is 7.80. The number of carbonyl (C=O) groups excluding carboxylic acids is 2. The zero-order valence-corrected chi connectivity index (χ0v) is 13.7. The summed E-state index contributed by atoms with van der Waals surface area (Å²) in [6.07, 6.45) is 1.90. The number of hydrogen-bond acceptors (Lipinski definition) is 5. The molecule has 4 rings (SSSR count). The summed E-state index contributed by atoms with van der Waals surface area (Å²) in [5, 5.41) is 16.7. The summed E-state index contributed by atoms with van der Waals surface area (Å²) in [7, 11) is 1.72. The standard InChI is InChI=1S/C16H16N6O3/c1-8-6-12(23)17-15-13(8)14(21-22(15)2)18-16(24)10-7-9(19-20-10)11-4-3-5-25-11/h3-5,7-8H,6H2,1-2H3,(H,17,23)(H,19,20)(H,18,21,24)/t8-/m1/s1. The van der Waals surface area contributed by atoms with Crippen LogP contribution >= 0.6 is 0 Å². The Bertz CT molecular complexity index is 953. The van der Waals surface area contributed by atoms with Crippen molar-refractivity contribution in [1.82, 2.24) is 20.0 Å². The van der Waals surface area contributed by atoms with Crippen LogP contribution in [0.1, 0.15) is 35.3 Å². The van der Waals surface area contributed by atoms with Gasteiger partial charge in [0, 0.05) is 25.1 Å². The van der Waals surface area contributed by atoms with Crippen molar-refractivity contribution in [3.8, 4) is 11.5 Å². The van der Waals surface area contributed by atoms with E-state index in [2.05, 4.69) is 25.9 Å². The topological polar surface area (TPSA) is 118 Å². The highest BCUT2D eigenvalue weighted by Crippen LogP contribution is 2.37. The van der Waals surface area contributed by atoms with E-state index < -0.39 is 0 Å². The van der Waals surface area contributed by atoms with Crippen molar-refractivity contribution in [2.75, 3.05) is 10.6 Å². The predicted molar refractivity (Wildman–Crippen MR) is 89.1 cm³/mol. The number of aromatic nitrogens is 4. The number of furan rings is 1. The van der Waals surface area contributed by atoms with E-state index in [1.807, 2.05) is 6.92 Å². The van der Waals surface area contributed by atoms with Crippen molar-refractivity contribution in [3.05, 3.63) is 35.7 Å². The van der Waals surface area contributed by atoms with E-state index in [0.717, 1.165) is 5.56 Å². The lowest BCUT2D eigenvalue weighted by Crippen LogP contribution is -2.23. The molecular weight excluding hydrogens is 324 g/mol. The molecule has 3 aromatic rings. The van der Waals surface area contributed by atoms with Crippen LogP contribution in [-0.2, 0) is 11.8 Å².